The minimum absolute atomic E-state index is 0.186. The molecule has 3 aromatic carbocycles. The van der Waals surface area contributed by atoms with Crippen molar-refractivity contribution in [2.24, 2.45) is 0 Å². The van der Waals surface area contributed by atoms with Crippen molar-refractivity contribution in [3.8, 4) is 0 Å². The smallest absolute Gasteiger partial charge is 0.255 e. The van der Waals surface area contributed by atoms with Crippen LogP contribution in [0.4, 0.5) is 11.4 Å². The van der Waals surface area contributed by atoms with Crippen LogP contribution in [0.3, 0.4) is 0 Å². The minimum Gasteiger partial charge on any atom is -0.322 e. The molecular formula is C23H22N2O2. The van der Waals surface area contributed by atoms with Crippen molar-refractivity contribution in [1.29, 1.82) is 0 Å². The summed E-state index contributed by atoms with van der Waals surface area (Å²) in [5, 5.41) is 5.82. The first-order chi connectivity index (χ1) is 13.1. The fraction of sp³-hybridized carbons (Fsp3) is 0.130. The van der Waals surface area contributed by atoms with E-state index in [1.54, 1.807) is 24.3 Å². The van der Waals surface area contributed by atoms with Gasteiger partial charge in [0.1, 0.15) is 0 Å². The lowest BCUT2D eigenvalue weighted by Gasteiger charge is -2.13. The van der Waals surface area contributed by atoms with Gasteiger partial charge in [0.2, 0.25) is 0 Å². The van der Waals surface area contributed by atoms with Gasteiger partial charge in [0.05, 0.1) is 0 Å². The van der Waals surface area contributed by atoms with E-state index in [2.05, 4.69) is 17.6 Å². The third-order valence-corrected chi connectivity index (χ3v) is 4.42. The lowest BCUT2D eigenvalue weighted by atomic mass is 10.0. The first kappa shape index (κ1) is 18.4. The highest BCUT2D eigenvalue weighted by Gasteiger charge is 2.12. The zero-order valence-corrected chi connectivity index (χ0v) is 15.5. The van der Waals surface area contributed by atoms with Gasteiger partial charge in [-0.25, -0.2) is 0 Å². The molecular weight excluding hydrogens is 336 g/mol. The Morgan fingerprint density at radius 2 is 1.33 bits per heavy atom. The highest BCUT2D eigenvalue weighted by atomic mass is 16.2. The Hall–Kier alpha value is -3.40. The molecule has 0 aliphatic heterocycles. The summed E-state index contributed by atoms with van der Waals surface area (Å²) in [6, 6.07) is 21.9. The number of amides is 2. The number of hydrogen-bond acceptors (Lipinski definition) is 2. The number of nitrogens with one attached hydrogen (secondary N) is 2. The molecule has 0 atom stereocenters. The molecule has 2 amide bonds. The van der Waals surface area contributed by atoms with Gasteiger partial charge in [-0.1, -0.05) is 43.3 Å². The Kier molecular flexibility index (Phi) is 5.67. The maximum atomic E-state index is 12.6. The Morgan fingerprint density at radius 1 is 0.741 bits per heavy atom. The number of carbonyl (C=O) groups is 2. The van der Waals surface area contributed by atoms with E-state index in [1.807, 2.05) is 55.5 Å². The van der Waals surface area contributed by atoms with Crippen LogP contribution in [0.15, 0.2) is 72.8 Å². The van der Waals surface area contributed by atoms with E-state index in [1.165, 1.54) is 0 Å². The summed E-state index contributed by atoms with van der Waals surface area (Å²) >= 11 is 0. The molecule has 0 unspecified atom stereocenters. The van der Waals surface area contributed by atoms with Gasteiger partial charge in [-0.15, -0.1) is 0 Å². The molecule has 0 heterocycles. The van der Waals surface area contributed by atoms with Crippen molar-refractivity contribution in [3.05, 3.63) is 95.1 Å². The molecule has 0 bridgehead atoms. The number of hydrogen-bond donors (Lipinski definition) is 2. The number of rotatable bonds is 5. The third-order valence-electron chi connectivity index (χ3n) is 4.42. The Balaban J connectivity index is 1.72. The van der Waals surface area contributed by atoms with Gasteiger partial charge in [0.25, 0.3) is 11.8 Å². The predicted molar refractivity (Wildman–Crippen MR) is 109 cm³/mol. The molecule has 3 aromatic rings. The molecule has 0 radical (unpaired) electrons. The van der Waals surface area contributed by atoms with Crippen molar-refractivity contribution in [3.63, 3.8) is 0 Å². The molecule has 2 N–H and O–H groups in total. The van der Waals surface area contributed by atoms with Crippen LogP contribution < -0.4 is 10.6 Å². The molecule has 4 heteroatoms. The van der Waals surface area contributed by atoms with E-state index in [0.717, 1.165) is 28.9 Å². The van der Waals surface area contributed by atoms with Gasteiger partial charge in [0.15, 0.2) is 0 Å². The lowest BCUT2D eigenvalue weighted by molar-refractivity contribution is 0.101. The van der Waals surface area contributed by atoms with Gasteiger partial charge >= 0.3 is 0 Å². The van der Waals surface area contributed by atoms with Crippen molar-refractivity contribution in [2.45, 2.75) is 20.3 Å². The lowest BCUT2D eigenvalue weighted by Crippen LogP contribution is -2.15. The highest BCUT2D eigenvalue weighted by molar-refractivity contribution is 6.07. The summed E-state index contributed by atoms with van der Waals surface area (Å²) in [6.07, 6.45) is 0.843. The van der Waals surface area contributed by atoms with Crippen LogP contribution in [-0.2, 0) is 6.42 Å². The van der Waals surface area contributed by atoms with Crippen LogP contribution in [0.5, 0.6) is 0 Å². The fourth-order valence-electron chi connectivity index (χ4n) is 2.89. The molecule has 0 aliphatic carbocycles. The second-order valence-electron chi connectivity index (χ2n) is 6.31. The van der Waals surface area contributed by atoms with Gasteiger partial charge in [-0.05, 0) is 60.9 Å². The molecule has 0 spiro atoms. The average molecular weight is 358 g/mol. The molecule has 0 aliphatic rings. The van der Waals surface area contributed by atoms with E-state index >= 15 is 0 Å². The van der Waals surface area contributed by atoms with E-state index < -0.39 is 0 Å². The number of anilines is 2. The zero-order valence-electron chi connectivity index (χ0n) is 15.5. The SMILES string of the molecule is CCc1cccc(C)c1NC(=O)c1ccc(C(=O)Nc2ccccc2)cc1. The standard InChI is InChI=1S/C23H22N2O2/c1-3-17-9-7-8-16(2)21(17)25-23(27)19-14-12-18(13-15-19)22(26)24-20-10-5-4-6-11-20/h4-15H,3H2,1-2H3,(H,24,26)(H,25,27). The summed E-state index contributed by atoms with van der Waals surface area (Å²) < 4.78 is 0. The number of aryl methyl sites for hydroxylation is 2. The summed E-state index contributed by atoms with van der Waals surface area (Å²) in [5.74, 6) is -0.394. The Labute approximate surface area is 159 Å². The van der Waals surface area contributed by atoms with Crippen LogP contribution in [0.25, 0.3) is 0 Å². The molecule has 0 fully saturated rings. The van der Waals surface area contributed by atoms with Gasteiger partial charge in [-0.2, -0.15) is 0 Å². The molecule has 0 aromatic heterocycles. The minimum atomic E-state index is -0.208. The number of para-hydroxylation sites is 2. The predicted octanol–water partition coefficient (Wildman–Crippen LogP) is 5.06. The summed E-state index contributed by atoms with van der Waals surface area (Å²) in [5.41, 5.74) is 4.73. The number of benzene rings is 3. The zero-order chi connectivity index (χ0) is 19.2. The van der Waals surface area contributed by atoms with Gasteiger partial charge in [0, 0.05) is 22.5 Å². The van der Waals surface area contributed by atoms with Crippen LogP contribution >= 0.6 is 0 Å². The van der Waals surface area contributed by atoms with Crippen molar-refractivity contribution in [1.82, 2.24) is 0 Å². The van der Waals surface area contributed by atoms with E-state index in [-0.39, 0.29) is 11.8 Å². The maximum Gasteiger partial charge on any atom is 0.255 e. The average Bonchev–Trinajstić information content (AvgIpc) is 2.70. The highest BCUT2D eigenvalue weighted by Crippen LogP contribution is 2.22. The molecule has 0 saturated heterocycles. The van der Waals surface area contributed by atoms with Crippen LogP contribution in [0, 0.1) is 6.92 Å². The molecule has 27 heavy (non-hydrogen) atoms. The van der Waals surface area contributed by atoms with Gasteiger partial charge < -0.3 is 10.6 Å². The topological polar surface area (TPSA) is 58.2 Å². The quantitative estimate of drug-likeness (QED) is 0.669. The first-order valence-electron chi connectivity index (χ1n) is 8.94. The van der Waals surface area contributed by atoms with Gasteiger partial charge in [-0.3, -0.25) is 9.59 Å². The van der Waals surface area contributed by atoms with Crippen LogP contribution in [0.2, 0.25) is 0 Å². The molecule has 3 rings (SSSR count). The second kappa shape index (κ2) is 8.32. The Bertz CT molecular complexity index is 948. The van der Waals surface area contributed by atoms with E-state index in [0.29, 0.717) is 11.1 Å². The van der Waals surface area contributed by atoms with Crippen molar-refractivity contribution < 1.29 is 9.59 Å². The summed E-state index contributed by atoms with van der Waals surface area (Å²) in [6.45, 7) is 4.04. The third kappa shape index (κ3) is 4.42. The summed E-state index contributed by atoms with van der Waals surface area (Å²) in [7, 11) is 0. The first-order valence-corrected chi connectivity index (χ1v) is 8.94. The largest absolute Gasteiger partial charge is 0.322 e. The summed E-state index contributed by atoms with van der Waals surface area (Å²) in [4.78, 5) is 24.9. The number of carbonyl (C=O) groups excluding carboxylic acids is 2. The van der Waals surface area contributed by atoms with E-state index in [4.69, 9.17) is 0 Å². The molecule has 0 saturated carbocycles. The fourth-order valence-corrected chi connectivity index (χ4v) is 2.89. The van der Waals surface area contributed by atoms with Crippen LogP contribution in [0.1, 0.15) is 38.8 Å². The normalized spacial score (nSPS) is 10.3. The Morgan fingerprint density at radius 3 is 1.93 bits per heavy atom. The monoisotopic (exact) mass is 358 g/mol. The maximum absolute atomic E-state index is 12.6. The van der Waals surface area contributed by atoms with Crippen LogP contribution in [-0.4, -0.2) is 11.8 Å². The molecule has 4 nitrogen and oxygen atoms in total. The van der Waals surface area contributed by atoms with Crippen molar-refractivity contribution in [2.75, 3.05) is 10.6 Å². The van der Waals surface area contributed by atoms with E-state index in [9.17, 15) is 9.59 Å². The second-order valence-corrected chi connectivity index (χ2v) is 6.31. The molecule has 136 valence electrons. The van der Waals surface area contributed by atoms with Crippen molar-refractivity contribution >= 4 is 23.2 Å².